The lowest BCUT2D eigenvalue weighted by Gasteiger charge is -2.63. The molecule has 0 N–H and O–H groups in total. The average molecular weight is 355 g/mol. The van der Waals surface area contributed by atoms with Crippen molar-refractivity contribution in [2.75, 3.05) is 19.1 Å². The standard InChI is InChI=1S/C20H21NO5/c1-11-13-9-19(17(23)25-3,18(24)26-4)10-20(11)14-7-5-6-8-15(14)21(12(2)22)16(13)20/h5-8,13,16H,1,9-10H2,2-4H3/t13-,16+,20+/m1/s1. The molecule has 1 spiro atoms. The Labute approximate surface area is 151 Å². The number of methoxy groups -OCH3 is 2. The molecule has 0 radical (unpaired) electrons. The Balaban J connectivity index is 1.91. The third-order valence-electron chi connectivity index (χ3n) is 6.47. The van der Waals surface area contributed by atoms with Crippen molar-refractivity contribution in [3.05, 3.63) is 42.0 Å². The third kappa shape index (κ3) is 1.65. The van der Waals surface area contributed by atoms with Gasteiger partial charge in [-0.05, 0) is 24.5 Å². The van der Waals surface area contributed by atoms with Gasteiger partial charge in [-0.15, -0.1) is 0 Å². The summed E-state index contributed by atoms with van der Waals surface area (Å²) in [4.78, 5) is 39.5. The second-order valence-corrected chi connectivity index (χ2v) is 7.40. The van der Waals surface area contributed by atoms with E-state index in [9.17, 15) is 14.4 Å². The first-order valence-electron chi connectivity index (χ1n) is 8.60. The molecule has 1 heterocycles. The van der Waals surface area contributed by atoms with Gasteiger partial charge < -0.3 is 14.4 Å². The largest absolute Gasteiger partial charge is 0.468 e. The van der Waals surface area contributed by atoms with Crippen molar-refractivity contribution in [3.8, 4) is 0 Å². The van der Waals surface area contributed by atoms with Crippen LogP contribution in [0.4, 0.5) is 5.69 Å². The summed E-state index contributed by atoms with van der Waals surface area (Å²) in [7, 11) is 2.56. The van der Waals surface area contributed by atoms with Gasteiger partial charge in [-0.2, -0.15) is 0 Å². The van der Waals surface area contributed by atoms with Gasteiger partial charge in [0.15, 0.2) is 5.41 Å². The molecule has 6 nitrogen and oxygen atoms in total. The summed E-state index contributed by atoms with van der Waals surface area (Å²) in [5.74, 6) is -1.37. The maximum absolute atomic E-state index is 12.6. The van der Waals surface area contributed by atoms with Crippen LogP contribution in [0.3, 0.4) is 0 Å². The van der Waals surface area contributed by atoms with E-state index >= 15 is 0 Å². The van der Waals surface area contributed by atoms with Crippen LogP contribution in [-0.2, 0) is 29.3 Å². The van der Waals surface area contributed by atoms with Gasteiger partial charge in [-0.1, -0.05) is 30.4 Å². The van der Waals surface area contributed by atoms with Crippen molar-refractivity contribution in [2.45, 2.75) is 31.2 Å². The molecule has 6 heteroatoms. The van der Waals surface area contributed by atoms with Crippen LogP contribution in [0.5, 0.6) is 0 Å². The van der Waals surface area contributed by atoms with Crippen LogP contribution < -0.4 is 4.90 Å². The highest BCUT2D eigenvalue weighted by Gasteiger charge is 2.75. The third-order valence-corrected chi connectivity index (χ3v) is 6.47. The first-order chi connectivity index (χ1) is 12.3. The molecule has 2 saturated carbocycles. The number of hydrogen-bond acceptors (Lipinski definition) is 5. The molecular weight excluding hydrogens is 334 g/mol. The molecule has 0 unspecified atom stereocenters. The molecule has 1 aliphatic heterocycles. The summed E-state index contributed by atoms with van der Waals surface area (Å²) in [5.41, 5.74) is 0.763. The quantitative estimate of drug-likeness (QED) is 0.461. The Morgan fingerprint density at radius 1 is 1.15 bits per heavy atom. The zero-order valence-corrected chi connectivity index (χ0v) is 15.1. The van der Waals surface area contributed by atoms with E-state index in [1.807, 2.05) is 24.3 Å². The van der Waals surface area contributed by atoms with Gasteiger partial charge in [-0.25, -0.2) is 0 Å². The van der Waals surface area contributed by atoms with E-state index in [2.05, 4.69) is 6.58 Å². The predicted octanol–water partition coefficient (Wildman–Crippen LogP) is 1.97. The van der Waals surface area contributed by atoms with Crippen LogP contribution in [0.2, 0.25) is 0 Å². The van der Waals surface area contributed by atoms with Crippen molar-refractivity contribution >= 4 is 23.5 Å². The van der Waals surface area contributed by atoms with Crippen molar-refractivity contribution in [3.63, 3.8) is 0 Å². The summed E-state index contributed by atoms with van der Waals surface area (Å²) >= 11 is 0. The van der Waals surface area contributed by atoms with E-state index < -0.39 is 22.8 Å². The van der Waals surface area contributed by atoms with E-state index in [4.69, 9.17) is 9.47 Å². The van der Waals surface area contributed by atoms with Gasteiger partial charge in [0.05, 0.1) is 20.3 Å². The highest BCUT2D eigenvalue weighted by molar-refractivity contribution is 6.03. The Hall–Kier alpha value is -2.63. The SMILES string of the molecule is C=C1[C@H]2CC(C(=O)OC)(C(=O)OC)C[C@@]13c1ccccc1N(C(C)=O)[C@@H]23. The van der Waals surface area contributed by atoms with Gasteiger partial charge in [0.1, 0.15) is 0 Å². The van der Waals surface area contributed by atoms with E-state index in [1.165, 1.54) is 14.2 Å². The molecule has 1 amide bonds. The predicted molar refractivity (Wildman–Crippen MR) is 93.4 cm³/mol. The lowest BCUT2D eigenvalue weighted by molar-refractivity contribution is -0.178. The molecule has 0 aromatic heterocycles. The fourth-order valence-electron chi connectivity index (χ4n) is 5.52. The first-order valence-corrected chi connectivity index (χ1v) is 8.60. The molecule has 2 bridgehead atoms. The molecule has 136 valence electrons. The normalized spacial score (nSPS) is 30.0. The van der Waals surface area contributed by atoms with Gasteiger partial charge in [-0.3, -0.25) is 14.4 Å². The number of carbonyl (C=O) groups excluding carboxylic acids is 3. The van der Waals surface area contributed by atoms with Crippen molar-refractivity contribution < 1.29 is 23.9 Å². The molecule has 4 rings (SSSR count). The Morgan fingerprint density at radius 3 is 2.35 bits per heavy atom. The average Bonchev–Trinajstić information content (AvgIpc) is 2.93. The van der Waals surface area contributed by atoms with Crippen LogP contribution in [0.15, 0.2) is 36.4 Å². The van der Waals surface area contributed by atoms with Crippen molar-refractivity contribution in [2.24, 2.45) is 11.3 Å². The maximum atomic E-state index is 12.6. The van der Waals surface area contributed by atoms with Crippen LogP contribution in [-0.4, -0.2) is 38.1 Å². The molecule has 2 fully saturated rings. The summed E-state index contributed by atoms with van der Waals surface area (Å²) in [5, 5.41) is 0. The fraction of sp³-hybridized carbons (Fsp3) is 0.450. The van der Waals surface area contributed by atoms with E-state index in [0.29, 0.717) is 0 Å². The number of carbonyl (C=O) groups is 3. The second kappa shape index (κ2) is 5.19. The minimum absolute atomic E-state index is 0.0505. The number of benzene rings is 1. The first kappa shape index (κ1) is 16.8. The highest BCUT2D eigenvalue weighted by Crippen LogP contribution is 2.71. The fourth-order valence-corrected chi connectivity index (χ4v) is 5.52. The Bertz CT molecular complexity index is 844. The van der Waals surface area contributed by atoms with Gasteiger partial charge >= 0.3 is 11.9 Å². The van der Waals surface area contributed by atoms with Crippen molar-refractivity contribution in [1.82, 2.24) is 0 Å². The number of para-hydroxylation sites is 1. The molecule has 1 aromatic rings. The zero-order chi connectivity index (χ0) is 18.9. The van der Waals surface area contributed by atoms with Crippen LogP contribution in [0.1, 0.15) is 25.3 Å². The number of amides is 1. The summed E-state index contributed by atoms with van der Waals surface area (Å²) < 4.78 is 9.96. The summed E-state index contributed by atoms with van der Waals surface area (Å²) in [6, 6.07) is 7.53. The van der Waals surface area contributed by atoms with Crippen molar-refractivity contribution in [1.29, 1.82) is 0 Å². The topological polar surface area (TPSA) is 72.9 Å². The van der Waals surface area contributed by atoms with Crippen LogP contribution >= 0.6 is 0 Å². The van der Waals surface area contributed by atoms with E-state index in [1.54, 1.807) is 11.8 Å². The highest BCUT2D eigenvalue weighted by atomic mass is 16.5. The van der Waals surface area contributed by atoms with Crippen LogP contribution in [0.25, 0.3) is 0 Å². The Kier molecular flexibility index (Phi) is 3.36. The van der Waals surface area contributed by atoms with Gasteiger partial charge in [0.25, 0.3) is 0 Å². The monoisotopic (exact) mass is 355 g/mol. The van der Waals surface area contributed by atoms with Gasteiger partial charge in [0.2, 0.25) is 5.91 Å². The molecule has 26 heavy (non-hydrogen) atoms. The number of fused-ring (bicyclic) bond motifs is 3. The minimum Gasteiger partial charge on any atom is -0.468 e. The lowest BCUT2D eigenvalue weighted by atomic mass is 9.41. The number of ether oxygens (including phenoxy) is 2. The summed E-state index contributed by atoms with van der Waals surface area (Å²) in [6.07, 6.45) is 0.454. The number of anilines is 1. The minimum atomic E-state index is -1.37. The Morgan fingerprint density at radius 2 is 1.77 bits per heavy atom. The number of rotatable bonds is 2. The molecule has 3 atom stereocenters. The maximum Gasteiger partial charge on any atom is 0.323 e. The smallest absolute Gasteiger partial charge is 0.323 e. The zero-order valence-electron chi connectivity index (χ0n) is 15.1. The van der Waals surface area contributed by atoms with E-state index in [0.717, 1.165) is 16.8 Å². The van der Waals surface area contributed by atoms with E-state index in [-0.39, 0.29) is 30.7 Å². The number of esters is 2. The molecule has 3 aliphatic rings. The molecule has 1 aromatic carbocycles. The van der Waals surface area contributed by atoms with Gasteiger partial charge in [0, 0.05) is 23.9 Å². The summed E-state index contributed by atoms with van der Waals surface area (Å²) in [6.45, 7) is 5.81. The molecule has 2 aliphatic carbocycles. The van der Waals surface area contributed by atoms with Crippen LogP contribution in [0, 0.1) is 11.3 Å². The molecular formula is C20H21NO5. The second-order valence-electron chi connectivity index (χ2n) is 7.40. The number of nitrogens with zero attached hydrogens (tertiary/aromatic N) is 1. The lowest BCUT2D eigenvalue weighted by Crippen LogP contribution is -2.70. The number of hydrogen-bond donors (Lipinski definition) is 0. The molecule has 0 saturated heterocycles.